The van der Waals surface area contributed by atoms with Gasteiger partial charge in [0, 0.05) is 5.56 Å². The second-order valence-corrected chi connectivity index (χ2v) is 7.18. The lowest BCUT2D eigenvalue weighted by atomic mass is 9.79. The predicted octanol–water partition coefficient (Wildman–Crippen LogP) is 1.69. The Labute approximate surface area is 165 Å². The van der Waals surface area contributed by atoms with Gasteiger partial charge in [0.15, 0.2) is 0 Å². The quantitative estimate of drug-likeness (QED) is 0.608. The van der Waals surface area contributed by atoms with Crippen LogP contribution in [0.15, 0.2) is 30.3 Å². The lowest BCUT2D eigenvalue weighted by Crippen LogP contribution is -2.40. The maximum atomic E-state index is 12.5. The molecule has 0 saturated carbocycles. The van der Waals surface area contributed by atoms with Gasteiger partial charge in [0.05, 0.1) is 6.61 Å². The van der Waals surface area contributed by atoms with E-state index in [0.29, 0.717) is 17.6 Å². The molecule has 0 radical (unpaired) electrons. The van der Waals surface area contributed by atoms with Crippen LogP contribution in [-0.4, -0.2) is 30.1 Å². The van der Waals surface area contributed by atoms with Gasteiger partial charge in [-0.1, -0.05) is 18.2 Å². The highest BCUT2D eigenvalue weighted by Crippen LogP contribution is 2.19. The summed E-state index contributed by atoms with van der Waals surface area (Å²) in [5, 5.41) is 12.4. The monoisotopic (exact) mass is 381 g/mol. The molecule has 1 aliphatic rings. The minimum atomic E-state index is -1.02. The Balaban J connectivity index is 1.61. The number of hydrogen-bond donors (Lipinski definition) is 2. The van der Waals surface area contributed by atoms with E-state index >= 15 is 0 Å². The summed E-state index contributed by atoms with van der Waals surface area (Å²) in [6.07, 6.45) is 0. The molecular weight excluding hydrogens is 357 g/mol. The second kappa shape index (κ2) is 8.16. The number of benzene rings is 2. The van der Waals surface area contributed by atoms with Crippen molar-refractivity contribution in [2.75, 3.05) is 0 Å². The van der Waals surface area contributed by atoms with Crippen LogP contribution in [0.1, 0.15) is 45.1 Å². The molecule has 1 heterocycles. The third kappa shape index (κ3) is 4.10. The van der Waals surface area contributed by atoms with E-state index in [1.165, 1.54) is 0 Å². The van der Waals surface area contributed by atoms with Crippen LogP contribution in [0.2, 0.25) is 0 Å². The molecule has 1 atom stereocenters. The van der Waals surface area contributed by atoms with Crippen molar-refractivity contribution in [2.24, 2.45) is 0 Å². The van der Waals surface area contributed by atoms with E-state index in [9.17, 15) is 14.6 Å². The van der Waals surface area contributed by atoms with Gasteiger partial charge in [-0.2, -0.15) is 0 Å². The number of nitrogens with one attached hydrogen (secondary N) is 1. The Morgan fingerprint density at radius 2 is 1.93 bits per heavy atom. The third-order valence-corrected chi connectivity index (χ3v) is 5.23. The predicted molar refractivity (Wildman–Crippen MR) is 106 cm³/mol. The van der Waals surface area contributed by atoms with Gasteiger partial charge in [0.25, 0.3) is 5.91 Å². The van der Waals surface area contributed by atoms with E-state index < -0.39 is 25.0 Å². The molecule has 0 aliphatic carbocycles. The number of ether oxygens (including phenoxy) is 1. The summed E-state index contributed by atoms with van der Waals surface area (Å²) in [5.74, 6) is -0.910. The van der Waals surface area contributed by atoms with Crippen molar-refractivity contribution in [3.8, 4) is 0 Å². The van der Waals surface area contributed by atoms with Crippen LogP contribution in [0.3, 0.4) is 0 Å². The van der Waals surface area contributed by atoms with Crippen molar-refractivity contribution >= 4 is 24.5 Å². The van der Waals surface area contributed by atoms with E-state index in [1.807, 2.05) is 32.9 Å². The van der Waals surface area contributed by atoms with Crippen LogP contribution in [0.5, 0.6) is 0 Å². The summed E-state index contributed by atoms with van der Waals surface area (Å²) >= 11 is 0. The molecule has 6 nitrogen and oxygen atoms in total. The first kappa shape index (κ1) is 20.1. The first-order valence-corrected chi connectivity index (χ1v) is 9.23. The molecule has 0 spiro atoms. The maximum Gasteiger partial charge on any atom is 0.491 e. The van der Waals surface area contributed by atoms with Gasteiger partial charge in [-0.15, -0.1) is 0 Å². The maximum absolute atomic E-state index is 12.5. The lowest BCUT2D eigenvalue weighted by Gasteiger charge is -2.16. The summed E-state index contributed by atoms with van der Waals surface area (Å²) in [7, 11) is -1.02. The van der Waals surface area contributed by atoms with Gasteiger partial charge < -0.3 is 19.7 Å². The first-order valence-electron chi connectivity index (χ1n) is 9.23. The molecule has 3 rings (SSSR count). The van der Waals surface area contributed by atoms with Gasteiger partial charge in [-0.25, -0.2) is 4.79 Å². The summed E-state index contributed by atoms with van der Waals surface area (Å²) in [6, 6.07) is 8.21. The second-order valence-electron chi connectivity index (χ2n) is 7.18. The average molecular weight is 381 g/mol. The van der Waals surface area contributed by atoms with Crippen molar-refractivity contribution < 1.29 is 24.0 Å². The molecule has 0 unspecified atom stereocenters. The zero-order valence-electron chi connectivity index (χ0n) is 16.5. The van der Waals surface area contributed by atoms with Crippen molar-refractivity contribution in [1.29, 1.82) is 0 Å². The summed E-state index contributed by atoms with van der Waals surface area (Å²) < 4.78 is 10.5. The molecule has 28 heavy (non-hydrogen) atoms. The summed E-state index contributed by atoms with van der Waals surface area (Å²) in [6.45, 7) is 8.07. The van der Waals surface area contributed by atoms with E-state index in [4.69, 9.17) is 9.39 Å². The zero-order valence-corrected chi connectivity index (χ0v) is 16.5. The first-order chi connectivity index (χ1) is 13.3. The molecule has 2 aromatic carbocycles. The number of amides is 1. The fourth-order valence-corrected chi connectivity index (χ4v) is 3.19. The highest BCUT2D eigenvalue weighted by molar-refractivity contribution is 6.61. The Morgan fingerprint density at radius 1 is 1.21 bits per heavy atom. The Morgan fingerprint density at radius 3 is 2.68 bits per heavy atom. The third-order valence-electron chi connectivity index (χ3n) is 5.23. The smallest absolute Gasteiger partial charge is 0.459 e. The molecule has 0 bridgehead atoms. The number of esters is 1. The fraction of sp³-hybridized carbons (Fsp3) is 0.333. The van der Waals surface area contributed by atoms with E-state index in [1.54, 1.807) is 25.1 Å². The molecule has 0 saturated heterocycles. The van der Waals surface area contributed by atoms with Crippen LogP contribution >= 0.6 is 0 Å². The summed E-state index contributed by atoms with van der Waals surface area (Å²) in [5.41, 5.74) is 6.07. The minimum Gasteiger partial charge on any atom is -0.459 e. The molecule has 1 aliphatic heterocycles. The molecule has 7 heteroatoms. The van der Waals surface area contributed by atoms with Crippen LogP contribution in [0.4, 0.5) is 0 Å². The van der Waals surface area contributed by atoms with Crippen molar-refractivity contribution in [1.82, 2.24) is 5.32 Å². The topological polar surface area (TPSA) is 84.9 Å². The minimum absolute atomic E-state index is 0.167. The number of aryl methyl sites for hydroxylation is 2. The summed E-state index contributed by atoms with van der Waals surface area (Å²) in [4.78, 5) is 24.8. The number of carbonyl (C=O) groups excluding carboxylic acids is 2. The molecule has 0 aromatic heterocycles. The van der Waals surface area contributed by atoms with Gasteiger partial charge in [-0.3, -0.25) is 4.79 Å². The van der Waals surface area contributed by atoms with Crippen molar-refractivity contribution in [3.05, 3.63) is 63.7 Å². The zero-order chi connectivity index (χ0) is 20.4. The molecule has 146 valence electrons. The molecule has 2 aromatic rings. The van der Waals surface area contributed by atoms with Gasteiger partial charge >= 0.3 is 13.1 Å². The van der Waals surface area contributed by atoms with E-state index in [0.717, 1.165) is 27.8 Å². The number of carbonyl (C=O) groups is 2. The number of fused-ring (bicyclic) bond motifs is 1. The van der Waals surface area contributed by atoms with Crippen LogP contribution in [0.25, 0.3) is 0 Å². The van der Waals surface area contributed by atoms with Gasteiger partial charge in [0.1, 0.15) is 12.6 Å². The average Bonchev–Trinajstić information content (AvgIpc) is 3.05. The Hall–Kier alpha value is -2.64. The Bertz CT molecular complexity index is 927. The fourth-order valence-electron chi connectivity index (χ4n) is 3.19. The van der Waals surface area contributed by atoms with Gasteiger partial charge in [-0.05, 0) is 73.1 Å². The van der Waals surface area contributed by atoms with Gasteiger partial charge in [0.2, 0.25) is 0 Å². The van der Waals surface area contributed by atoms with E-state index in [2.05, 4.69) is 5.32 Å². The number of rotatable bonds is 5. The van der Waals surface area contributed by atoms with Crippen LogP contribution < -0.4 is 10.8 Å². The number of hydrogen-bond acceptors (Lipinski definition) is 5. The largest absolute Gasteiger partial charge is 0.491 e. The highest BCUT2D eigenvalue weighted by atomic mass is 16.5. The Kier molecular flexibility index (Phi) is 5.86. The molecule has 0 fully saturated rings. The molecular formula is C21H24BNO5. The molecule has 1 amide bonds. The SMILES string of the molecule is Cc1ccc(C)c(COC(=O)[C@H](C)NC(=O)c2ccc3c(c2)B(O)OC3)c1C. The standard InChI is InChI=1S/C21H24BNO5/c1-12-5-6-13(2)18(14(12)3)11-27-21(25)15(4)23-20(24)16-7-8-17-10-28-22(26)19(17)9-16/h5-9,15,26H,10-11H2,1-4H3,(H,23,24)/t15-/m0/s1. The van der Waals surface area contributed by atoms with Crippen molar-refractivity contribution in [3.63, 3.8) is 0 Å². The molecule has 2 N–H and O–H groups in total. The lowest BCUT2D eigenvalue weighted by molar-refractivity contribution is -0.146. The van der Waals surface area contributed by atoms with Crippen LogP contribution in [0, 0.1) is 20.8 Å². The van der Waals surface area contributed by atoms with Crippen molar-refractivity contribution in [2.45, 2.75) is 47.0 Å². The van der Waals surface area contributed by atoms with Crippen LogP contribution in [-0.2, 0) is 27.4 Å². The highest BCUT2D eigenvalue weighted by Gasteiger charge is 2.28. The van der Waals surface area contributed by atoms with E-state index in [-0.39, 0.29) is 6.61 Å². The normalized spacial score (nSPS) is 13.8.